The molecule has 4 aliphatic carbocycles. The lowest BCUT2D eigenvalue weighted by Gasteiger charge is -2.37. The lowest BCUT2D eigenvalue weighted by molar-refractivity contribution is -0.384. The van der Waals surface area contributed by atoms with E-state index < -0.39 is 4.92 Å². The Kier molecular flexibility index (Phi) is 3.45. The third kappa shape index (κ3) is 2.36. The molecule has 2 aromatic rings. The number of benzene rings is 1. The van der Waals surface area contributed by atoms with E-state index >= 15 is 0 Å². The minimum Gasteiger partial charge on any atom is -0.455 e. The van der Waals surface area contributed by atoms with Gasteiger partial charge in [-0.2, -0.15) is 10.1 Å². The number of imide groups is 1. The molecular formula is C22H17N3O5. The number of rotatable bonds is 4. The highest BCUT2D eigenvalue weighted by Gasteiger charge is 2.67. The third-order valence-corrected chi connectivity index (χ3v) is 6.91. The number of hydrazone groups is 1. The quantitative estimate of drug-likeness (QED) is 0.256. The van der Waals surface area contributed by atoms with Gasteiger partial charge in [0, 0.05) is 17.7 Å². The Bertz CT molecular complexity index is 1130. The van der Waals surface area contributed by atoms with Crippen LogP contribution in [0.15, 0.2) is 58.1 Å². The van der Waals surface area contributed by atoms with Crippen molar-refractivity contribution >= 4 is 23.7 Å². The van der Waals surface area contributed by atoms with E-state index in [0.29, 0.717) is 28.9 Å². The zero-order valence-corrected chi connectivity index (χ0v) is 15.8. The first-order chi connectivity index (χ1) is 14.5. The largest absolute Gasteiger partial charge is 0.455 e. The summed E-state index contributed by atoms with van der Waals surface area (Å²) < 4.78 is 5.70. The van der Waals surface area contributed by atoms with Crippen LogP contribution in [-0.2, 0) is 9.59 Å². The lowest BCUT2D eigenvalue weighted by Crippen LogP contribution is -2.40. The van der Waals surface area contributed by atoms with Gasteiger partial charge >= 0.3 is 0 Å². The molecule has 1 aliphatic heterocycles. The number of carbonyl (C=O) groups excluding carboxylic acids is 2. The molecule has 2 saturated carbocycles. The number of nitrogens with zero attached hydrogens (tertiary/aromatic N) is 3. The normalized spacial score (nSPS) is 33.3. The number of furan rings is 1. The van der Waals surface area contributed by atoms with E-state index in [1.807, 2.05) is 0 Å². The number of non-ortho nitro benzene ring substituents is 1. The fraction of sp³-hybridized carbons (Fsp3) is 0.318. The molecule has 5 aliphatic rings. The number of hydrogen-bond acceptors (Lipinski definition) is 6. The Morgan fingerprint density at radius 2 is 1.77 bits per heavy atom. The molecule has 2 amide bonds. The van der Waals surface area contributed by atoms with E-state index in [1.165, 1.54) is 18.3 Å². The van der Waals surface area contributed by atoms with Crippen LogP contribution in [-0.4, -0.2) is 28.0 Å². The van der Waals surface area contributed by atoms with E-state index in [9.17, 15) is 19.7 Å². The van der Waals surface area contributed by atoms with Crippen LogP contribution in [0.25, 0.3) is 11.3 Å². The van der Waals surface area contributed by atoms with Crippen molar-refractivity contribution in [3.63, 3.8) is 0 Å². The summed E-state index contributed by atoms with van der Waals surface area (Å²) in [6.07, 6.45) is 6.71. The summed E-state index contributed by atoms with van der Waals surface area (Å²) in [6.45, 7) is 0. The van der Waals surface area contributed by atoms with Crippen molar-refractivity contribution in [3.05, 3.63) is 64.4 Å². The molecule has 0 unspecified atom stereocenters. The lowest BCUT2D eigenvalue weighted by atomic mass is 9.63. The van der Waals surface area contributed by atoms with Crippen LogP contribution < -0.4 is 0 Å². The number of nitro groups is 1. The third-order valence-electron chi connectivity index (χ3n) is 6.91. The van der Waals surface area contributed by atoms with Gasteiger partial charge in [0.25, 0.3) is 17.5 Å². The molecule has 1 aromatic carbocycles. The van der Waals surface area contributed by atoms with Crippen molar-refractivity contribution in [1.82, 2.24) is 5.01 Å². The smallest absolute Gasteiger partial charge is 0.270 e. The molecule has 0 radical (unpaired) electrons. The van der Waals surface area contributed by atoms with Gasteiger partial charge in [0.2, 0.25) is 0 Å². The topological polar surface area (TPSA) is 106 Å². The molecule has 1 aromatic heterocycles. The average molecular weight is 403 g/mol. The zero-order chi connectivity index (χ0) is 20.6. The van der Waals surface area contributed by atoms with Crippen LogP contribution in [0.2, 0.25) is 0 Å². The van der Waals surface area contributed by atoms with E-state index in [4.69, 9.17) is 4.42 Å². The second kappa shape index (κ2) is 5.98. The first kappa shape index (κ1) is 17.3. The van der Waals surface area contributed by atoms with Gasteiger partial charge in [-0.25, -0.2) is 0 Å². The summed E-state index contributed by atoms with van der Waals surface area (Å²) in [5.41, 5.74) is 0.529. The summed E-state index contributed by atoms with van der Waals surface area (Å²) in [5, 5.41) is 16.1. The number of hydrogen-bond donors (Lipinski definition) is 0. The summed E-state index contributed by atoms with van der Waals surface area (Å²) >= 11 is 0. The molecule has 0 spiro atoms. The minimum atomic E-state index is -0.467. The van der Waals surface area contributed by atoms with Gasteiger partial charge < -0.3 is 4.42 Å². The Morgan fingerprint density at radius 3 is 2.43 bits per heavy atom. The molecule has 0 N–H and O–H groups in total. The van der Waals surface area contributed by atoms with Crippen LogP contribution in [0.3, 0.4) is 0 Å². The molecule has 2 heterocycles. The van der Waals surface area contributed by atoms with Gasteiger partial charge in [0.1, 0.15) is 11.5 Å². The van der Waals surface area contributed by atoms with Crippen molar-refractivity contribution in [2.75, 3.05) is 0 Å². The van der Waals surface area contributed by atoms with Crippen molar-refractivity contribution in [3.8, 4) is 11.3 Å². The molecule has 6 atom stereocenters. The number of carbonyl (C=O) groups is 2. The maximum Gasteiger partial charge on any atom is 0.270 e. The maximum atomic E-state index is 12.9. The van der Waals surface area contributed by atoms with Crippen LogP contribution in [0.1, 0.15) is 12.2 Å². The van der Waals surface area contributed by atoms with Crippen molar-refractivity contribution in [1.29, 1.82) is 0 Å². The molecule has 3 fully saturated rings. The van der Waals surface area contributed by atoms with Gasteiger partial charge in [-0.15, -0.1) is 0 Å². The Balaban J connectivity index is 1.24. The highest BCUT2D eigenvalue weighted by molar-refractivity contribution is 6.06. The fourth-order valence-corrected chi connectivity index (χ4v) is 5.52. The summed E-state index contributed by atoms with van der Waals surface area (Å²) in [5.74, 6) is 1.18. The van der Waals surface area contributed by atoms with Gasteiger partial charge in [-0.1, -0.05) is 24.3 Å². The van der Waals surface area contributed by atoms with Gasteiger partial charge in [0.05, 0.1) is 23.0 Å². The van der Waals surface area contributed by atoms with Crippen LogP contribution in [0.5, 0.6) is 0 Å². The second-order valence-corrected chi connectivity index (χ2v) is 8.40. The van der Waals surface area contributed by atoms with Crippen LogP contribution in [0, 0.1) is 45.6 Å². The predicted molar refractivity (Wildman–Crippen MR) is 105 cm³/mol. The van der Waals surface area contributed by atoms with Crippen molar-refractivity contribution in [2.24, 2.45) is 40.6 Å². The molecule has 150 valence electrons. The van der Waals surface area contributed by atoms with Crippen molar-refractivity contribution < 1.29 is 18.9 Å². The van der Waals surface area contributed by atoms with Crippen LogP contribution >= 0.6 is 0 Å². The highest BCUT2D eigenvalue weighted by atomic mass is 16.6. The van der Waals surface area contributed by atoms with Gasteiger partial charge in [-0.05, 0) is 42.2 Å². The molecule has 2 bridgehead atoms. The maximum absolute atomic E-state index is 12.9. The molecule has 1 saturated heterocycles. The van der Waals surface area contributed by atoms with E-state index in [2.05, 4.69) is 17.3 Å². The van der Waals surface area contributed by atoms with E-state index in [-0.39, 0.29) is 41.2 Å². The van der Waals surface area contributed by atoms with Crippen LogP contribution in [0.4, 0.5) is 5.69 Å². The number of amides is 2. The average Bonchev–Trinajstić information content (AvgIpc) is 3.39. The number of allylic oxidation sites excluding steroid dienone is 2. The first-order valence-electron chi connectivity index (χ1n) is 9.98. The van der Waals surface area contributed by atoms with E-state index in [0.717, 1.165) is 11.4 Å². The van der Waals surface area contributed by atoms with E-state index in [1.54, 1.807) is 24.3 Å². The molecule has 8 heteroatoms. The zero-order valence-electron chi connectivity index (χ0n) is 15.8. The predicted octanol–water partition coefficient (Wildman–Crippen LogP) is 3.24. The monoisotopic (exact) mass is 403 g/mol. The molecule has 30 heavy (non-hydrogen) atoms. The Hall–Kier alpha value is -3.55. The second-order valence-electron chi connectivity index (χ2n) is 8.40. The summed E-state index contributed by atoms with van der Waals surface area (Å²) in [7, 11) is 0. The Labute approximate surface area is 171 Å². The molecular weight excluding hydrogens is 386 g/mol. The highest BCUT2D eigenvalue weighted by Crippen LogP contribution is 2.65. The van der Waals surface area contributed by atoms with Gasteiger partial charge in [0.15, 0.2) is 0 Å². The first-order valence-corrected chi connectivity index (χ1v) is 9.98. The molecule has 8 nitrogen and oxygen atoms in total. The number of nitro benzene ring substituents is 1. The summed E-state index contributed by atoms with van der Waals surface area (Å²) in [6, 6.07) is 9.44. The molecule has 7 rings (SSSR count). The van der Waals surface area contributed by atoms with Gasteiger partial charge in [-0.3, -0.25) is 19.7 Å². The fourth-order valence-electron chi connectivity index (χ4n) is 5.52. The Morgan fingerprint density at radius 1 is 1.07 bits per heavy atom. The summed E-state index contributed by atoms with van der Waals surface area (Å²) in [4.78, 5) is 36.3. The van der Waals surface area contributed by atoms with Crippen molar-refractivity contribution in [2.45, 2.75) is 6.42 Å². The minimum absolute atomic E-state index is 0.0312. The SMILES string of the molecule is O=C1[C@@H]2[C@H]3C=C[C@H]([C@H]4C[C@H]34)[C@@H]2C(=O)N1/N=C\c1ccc(-c2cccc([N+](=O)[O-])c2)o1. The standard InChI is InChI=1S/C22H17N3O5/c26-21-19-14-5-6-15(17-9-16(14)17)20(19)22(27)24(21)23-10-13-4-7-18(30-13)11-2-1-3-12(8-11)25(28)29/h1-8,10,14-17,19-20H,9H2/b23-10-/t14-,15+,16-,17-,19+,20-/m1/s1.